The van der Waals surface area contributed by atoms with Gasteiger partial charge in [0.2, 0.25) is 0 Å². The summed E-state index contributed by atoms with van der Waals surface area (Å²) in [6, 6.07) is 3.58. The van der Waals surface area contributed by atoms with Crippen molar-refractivity contribution in [2.75, 3.05) is 0 Å². The maximum Gasteiger partial charge on any atom is 0.107 e. The van der Waals surface area contributed by atoms with Gasteiger partial charge in [-0.3, -0.25) is 9.67 Å². The molecule has 2 rings (SSSR count). The van der Waals surface area contributed by atoms with Gasteiger partial charge in [-0.05, 0) is 17.7 Å². The van der Waals surface area contributed by atoms with Gasteiger partial charge in [0.05, 0.1) is 6.20 Å². The van der Waals surface area contributed by atoms with Crippen LogP contribution >= 0.6 is 0 Å². The minimum atomic E-state index is -0.619. The number of hydrogen-bond acceptors (Lipinski definition) is 3. The lowest BCUT2D eigenvalue weighted by Gasteiger charge is -2.07. The first kappa shape index (κ1) is 8.90. The Hall–Kier alpha value is -1.68. The molecule has 0 saturated heterocycles. The molecule has 4 nitrogen and oxygen atoms in total. The summed E-state index contributed by atoms with van der Waals surface area (Å²) in [5, 5.41) is 13.9. The van der Waals surface area contributed by atoms with E-state index in [1.807, 2.05) is 7.05 Å². The number of aromatic nitrogens is 3. The number of rotatable bonds is 2. The monoisotopic (exact) mass is 189 g/mol. The number of aliphatic hydroxyl groups excluding tert-OH is 1. The van der Waals surface area contributed by atoms with Crippen molar-refractivity contribution in [1.82, 2.24) is 14.8 Å². The van der Waals surface area contributed by atoms with Crippen LogP contribution in [0, 0.1) is 0 Å². The summed E-state index contributed by atoms with van der Waals surface area (Å²) in [5.74, 6) is 0. The lowest BCUT2D eigenvalue weighted by molar-refractivity contribution is 0.220. The predicted molar refractivity (Wildman–Crippen MR) is 51.5 cm³/mol. The third-order valence-electron chi connectivity index (χ3n) is 2.06. The zero-order valence-corrected chi connectivity index (χ0v) is 7.83. The molecule has 2 aromatic heterocycles. The Bertz CT molecular complexity index is 410. The molecule has 2 heterocycles. The van der Waals surface area contributed by atoms with Crippen LogP contribution in [0.2, 0.25) is 0 Å². The normalized spacial score (nSPS) is 12.7. The Balaban J connectivity index is 2.29. The fourth-order valence-electron chi connectivity index (χ4n) is 1.32. The Labute approximate surface area is 81.8 Å². The summed E-state index contributed by atoms with van der Waals surface area (Å²) in [7, 11) is 1.82. The van der Waals surface area contributed by atoms with E-state index in [0.29, 0.717) is 0 Å². The average Bonchev–Trinajstić information content (AvgIpc) is 2.65. The largest absolute Gasteiger partial charge is 0.384 e. The summed E-state index contributed by atoms with van der Waals surface area (Å²) >= 11 is 0. The molecule has 2 aromatic rings. The number of hydrogen-bond donors (Lipinski definition) is 1. The third kappa shape index (κ3) is 1.65. The van der Waals surface area contributed by atoms with Crippen LogP contribution in [0.5, 0.6) is 0 Å². The molecule has 14 heavy (non-hydrogen) atoms. The van der Waals surface area contributed by atoms with E-state index in [0.717, 1.165) is 11.1 Å². The molecule has 1 N–H and O–H groups in total. The maximum absolute atomic E-state index is 9.92. The average molecular weight is 189 g/mol. The van der Waals surface area contributed by atoms with Gasteiger partial charge in [0.15, 0.2) is 0 Å². The zero-order valence-electron chi connectivity index (χ0n) is 7.83. The maximum atomic E-state index is 9.92. The summed E-state index contributed by atoms with van der Waals surface area (Å²) < 4.78 is 1.67. The SMILES string of the molecule is Cn1cc(C(O)c2ccncc2)cn1. The Morgan fingerprint density at radius 3 is 2.57 bits per heavy atom. The molecule has 72 valence electrons. The van der Waals surface area contributed by atoms with Crippen LogP contribution in [-0.2, 0) is 7.05 Å². The minimum absolute atomic E-state index is 0.619. The molecule has 1 atom stereocenters. The molecule has 0 aliphatic rings. The van der Waals surface area contributed by atoms with E-state index in [4.69, 9.17) is 0 Å². The van der Waals surface area contributed by atoms with Crippen molar-refractivity contribution in [3.63, 3.8) is 0 Å². The van der Waals surface area contributed by atoms with Gasteiger partial charge in [0.25, 0.3) is 0 Å². The smallest absolute Gasteiger partial charge is 0.107 e. The summed E-state index contributed by atoms with van der Waals surface area (Å²) in [6.45, 7) is 0. The van der Waals surface area contributed by atoms with E-state index in [2.05, 4.69) is 10.1 Å². The molecular formula is C10H11N3O. The van der Waals surface area contributed by atoms with Gasteiger partial charge in [0, 0.05) is 31.2 Å². The highest BCUT2D eigenvalue weighted by atomic mass is 16.3. The third-order valence-corrected chi connectivity index (χ3v) is 2.06. The van der Waals surface area contributed by atoms with Crippen molar-refractivity contribution in [2.45, 2.75) is 6.10 Å². The second-order valence-electron chi connectivity index (χ2n) is 3.13. The first-order valence-electron chi connectivity index (χ1n) is 4.34. The fourth-order valence-corrected chi connectivity index (χ4v) is 1.32. The molecular weight excluding hydrogens is 178 g/mol. The molecule has 0 spiro atoms. The van der Waals surface area contributed by atoms with Crippen LogP contribution in [0.15, 0.2) is 36.9 Å². The molecule has 0 saturated carbocycles. The number of pyridine rings is 1. The highest BCUT2D eigenvalue weighted by Crippen LogP contribution is 2.19. The molecule has 0 aliphatic heterocycles. The van der Waals surface area contributed by atoms with Crippen molar-refractivity contribution in [3.05, 3.63) is 48.0 Å². The lowest BCUT2D eigenvalue weighted by Crippen LogP contribution is -1.98. The highest BCUT2D eigenvalue weighted by molar-refractivity contribution is 5.24. The van der Waals surface area contributed by atoms with Crippen LogP contribution in [0.4, 0.5) is 0 Å². The van der Waals surface area contributed by atoms with Gasteiger partial charge in [-0.25, -0.2) is 0 Å². The number of nitrogens with zero attached hydrogens (tertiary/aromatic N) is 3. The predicted octanol–water partition coefficient (Wildman–Crippen LogP) is 0.897. The van der Waals surface area contributed by atoms with Gasteiger partial charge < -0.3 is 5.11 Å². The van der Waals surface area contributed by atoms with E-state index < -0.39 is 6.10 Å². The summed E-state index contributed by atoms with van der Waals surface area (Å²) in [4.78, 5) is 3.89. The molecule has 0 aliphatic carbocycles. The van der Waals surface area contributed by atoms with Crippen LogP contribution in [0.25, 0.3) is 0 Å². The van der Waals surface area contributed by atoms with Crippen molar-refractivity contribution in [3.8, 4) is 0 Å². The van der Waals surface area contributed by atoms with E-state index in [9.17, 15) is 5.11 Å². The number of aliphatic hydroxyl groups is 1. The first-order chi connectivity index (χ1) is 6.77. The molecule has 0 fully saturated rings. The molecule has 4 heteroatoms. The Morgan fingerprint density at radius 2 is 2.00 bits per heavy atom. The van der Waals surface area contributed by atoms with Crippen molar-refractivity contribution in [1.29, 1.82) is 0 Å². The van der Waals surface area contributed by atoms with Gasteiger partial charge in [-0.2, -0.15) is 5.10 Å². The van der Waals surface area contributed by atoms with Crippen molar-refractivity contribution in [2.24, 2.45) is 7.05 Å². The molecule has 0 radical (unpaired) electrons. The molecule has 0 amide bonds. The molecule has 0 bridgehead atoms. The highest BCUT2D eigenvalue weighted by Gasteiger charge is 2.11. The van der Waals surface area contributed by atoms with Crippen LogP contribution < -0.4 is 0 Å². The van der Waals surface area contributed by atoms with Gasteiger partial charge in [-0.15, -0.1) is 0 Å². The second-order valence-corrected chi connectivity index (χ2v) is 3.13. The second kappa shape index (κ2) is 3.59. The Morgan fingerprint density at radius 1 is 1.29 bits per heavy atom. The Kier molecular flexibility index (Phi) is 2.28. The van der Waals surface area contributed by atoms with Crippen LogP contribution in [0.1, 0.15) is 17.2 Å². The fraction of sp³-hybridized carbons (Fsp3) is 0.200. The van der Waals surface area contributed by atoms with Gasteiger partial charge in [0.1, 0.15) is 6.10 Å². The first-order valence-corrected chi connectivity index (χ1v) is 4.34. The van der Waals surface area contributed by atoms with Gasteiger partial charge >= 0.3 is 0 Å². The van der Waals surface area contributed by atoms with E-state index in [1.54, 1.807) is 41.6 Å². The standard InChI is InChI=1S/C10H11N3O/c1-13-7-9(6-12-13)10(14)8-2-4-11-5-3-8/h2-7,10,14H,1H3. The van der Waals surface area contributed by atoms with E-state index in [1.165, 1.54) is 0 Å². The van der Waals surface area contributed by atoms with Crippen molar-refractivity contribution < 1.29 is 5.11 Å². The van der Waals surface area contributed by atoms with Crippen molar-refractivity contribution >= 4 is 0 Å². The molecule has 0 aromatic carbocycles. The summed E-state index contributed by atoms with van der Waals surface area (Å²) in [5.41, 5.74) is 1.62. The van der Waals surface area contributed by atoms with Crippen LogP contribution in [0.3, 0.4) is 0 Å². The lowest BCUT2D eigenvalue weighted by atomic mass is 10.1. The topological polar surface area (TPSA) is 50.9 Å². The van der Waals surface area contributed by atoms with Crippen LogP contribution in [-0.4, -0.2) is 19.9 Å². The van der Waals surface area contributed by atoms with Gasteiger partial charge in [-0.1, -0.05) is 0 Å². The van der Waals surface area contributed by atoms with E-state index in [-0.39, 0.29) is 0 Å². The van der Waals surface area contributed by atoms with E-state index >= 15 is 0 Å². The quantitative estimate of drug-likeness (QED) is 0.763. The zero-order chi connectivity index (χ0) is 9.97. The number of aryl methyl sites for hydroxylation is 1. The molecule has 1 unspecified atom stereocenters. The minimum Gasteiger partial charge on any atom is -0.384 e. The summed E-state index contributed by atoms with van der Waals surface area (Å²) in [6.07, 6.45) is 6.16.